The predicted octanol–water partition coefficient (Wildman–Crippen LogP) is 2.62. The molecule has 0 saturated heterocycles. The molecule has 0 spiro atoms. The summed E-state index contributed by atoms with van der Waals surface area (Å²) in [5.41, 5.74) is -1.82. The van der Waals surface area contributed by atoms with Gasteiger partial charge in [0.25, 0.3) is 0 Å². The number of aliphatic hydroxyl groups is 2. The molecule has 26 heavy (non-hydrogen) atoms. The second-order valence-corrected chi connectivity index (χ2v) is 9.87. The topological polar surface area (TPSA) is 83.8 Å². The van der Waals surface area contributed by atoms with Crippen molar-refractivity contribution in [1.29, 1.82) is 0 Å². The molecule has 4 saturated carbocycles. The first-order valence-corrected chi connectivity index (χ1v) is 10.2. The number of carbonyl (C=O) groups is 2. The van der Waals surface area contributed by atoms with Crippen molar-refractivity contribution in [3.05, 3.63) is 0 Å². The van der Waals surface area contributed by atoms with Gasteiger partial charge < -0.3 is 14.9 Å². The molecule has 2 N–H and O–H groups in total. The SMILES string of the molecule is CC(=O)O[C@@H]1C[C@@H]2[C@@H]3CCC(=O)[C@]3(C)CC[C@@H]2[C@@]2(C)CC[C@H](O)C[C@]12O. The fourth-order valence-corrected chi connectivity index (χ4v) is 7.35. The van der Waals surface area contributed by atoms with Crippen LogP contribution in [0.5, 0.6) is 0 Å². The smallest absolute Gasteiger partial charge is 0.303 e. The number of esters is 1. The lowest BCUT2D eigenvalue weighted by Gasteiger charge is -2.65. The Morgan fingerprint density at radius 2 is 1.88 bits per heavy atom. The Bertz CT molecular complexity index is 632. The minimum atomic E-state index is -1.19. The molecular weight excluding hydrogens is 332 g/mol. The fourth-order valence-electron chi connectivity index (χ4n) is 7.35. The van der Waals surface area contributed by atoms with Crippen LogP contribution in [0.3, 0.4) is 0 Å². The highest BCUT2D eigenvalue weighted by molar-refractivity contribution is 5.87. The normalized spacial score (nSPS) is 53.4. The third-order valence-electron chi connectivity index (χ3n) is 8.82. The number of fused-ring (bicyclic) bond motifs is 5. The molecule has 0 heterocycles. The number of aliphatic hydroxyl groups excluding tert-OH is 1. The Hall–Kier alpha value is -0.940. The van der Waals surface area contributed by atoms with Gasteiger partial charge in [-0.2, -0.15) is 0 Å². The van der Waals surface area contributed by atoms with Gasteiger partial charge in [-0.05, 0) is 56.3 Å². The van der Waals surface area contributed by atoms with E-state index in [1.54, 1.807) is 0 Å². The zero-order valence-electron chi connectivity index (χ0n) is 16.2. The summed E-state index contributed by atoms with van der Waals surface area (Å²) in [5, 5.41) is 22.0. The van der Waals surface area contributed by atoms with Gasteiger partial charge in [0.05, 0.1) is 6.10 Å². The van der Waals surface area contributed by atoms with Gasteiger partial charge in [-0.15, -0.1) is 0 Å². The first kappa shape index (κ1) is 18.4. The molecular formula is C21H32O5. The molecule has 4 fully saturated rings. The number of hydrogen-bond donors (Lipinski definition) is 2. The van der Waals surface area contributed by atoms with Crippen molar-refractivity contribution in [3.8, 4) is 0 Å². The second kappa shape index (κ2) is 5.78. The highest BCUT2D eigenvalue weighted by Crippen LogP contribution is 2.66. The zero-order chi connectivity index (χ0) is 18.9. The third-order valence-corrected chi connectivity index (χ3v) is 8.82. The van der Waals surface area contributed by atoms with Crippen molar-refractivity contribution in [2.45, 2.75) is 89.9 Å². The maximum atomic E-state index is 12.6. The summed E-state index contributed by atoms with van der Waals surface area (Å²) in [7, 11) is 0. The van der Waals surface area contributed by atoms with Crippen molar-refractivity contribution in [2.75, 3.05) is 0 Å². The van der Waals surface area contributed by atoms with Crippen LogP contribution in [0.15, 0.2) is 0 Å². The maximum absolute atomic E-state index is 12.6. The van der Waals surface area contributed by atoms with Crippen LogP contribution in [0.4, 0.5) is 0 Å². The molecule has 0 aliphatic heterocycles. The van der Waals surface area contributed by atoms with Gasteiger partial charge in [0.1, 0.15) is 17.5 Å². The van der Waals surface area contributed by atoms with Crippen LogP contribution < -0.4 is 0 Å². The average Bonchev–Trinajstić information content (AvgIpc) is 2.85. The van der Waals surface area contributed by atoms with Crippen molar-refractivity contribution < 1.29 is 24.5 Å². The first-order valence-electron chi connectivity index (χ1n) is 10.2. The molecule has 8 atom stereocenters. The monoisotopic (exact) mass is 364 g/mol. The van der Waals surface area contributed by atoms with Gasteiger partial charge in [0, 0.05) is 30.6 Å². The van der Waals surface area contributed by atoms with E-state index in [-0.39, 0.29) is 23.2 Å². The molecule has 5 nitrogen and oxygen atoms in total. The number of Topliss-reactive ketones (excluding diaryl/α,β-unsaturated/α-hetero) is 1. The lowest BCUT2D eigenvalue weighted by Crippen LogP contribution is -2.69. The van der Waals surface area contributed by atoms with E-state index in [9.17, 15) is 19.8 Å². The molecule has 0 radical (unpaired) electrons. The van der Waals surface area contributed by atoms with Gasteiger partial charge in [-0.25, -0.2) is 0 Å². The first-order chi connectivity index (χ1) is 12.1. The molecule has 5 heteroatoms. The minimum absolute atomic E-state index is 0.248. The van der Waals surface area contributed by atoms with Gasteiger partial charge in [0.2, 0.25) is 0 Å². The Morgan fingerprint density at radius 1 is 1.15 bits per heavy atom. The quantitative estimate of drug-likeness (QED) is 0.699. The van der Waals surface area contributed by atoms with E-state index < -0.39 is 17.8 Å². The summed E-state index contributed by atoms with van der Waals surface area (Å²) in [4.78, 5) is 24.3. The molecule has 146 valence electrons. The predicted molar refractivity (Wildman–Crippen MR) is 95.1 cm³/mol. The van der Waals surface area contributed by atoms with Crippen LogP contribution in [0.1, 0.15) is 72.1 Å². The summed E-state index contributed by atoms with van der Waals surface area (Å²) < 4.78 is 5.65. The molecule has 4 aliphatic rings. The molecule has 0 aromatic rings. The van der Waals surface area contributed by atoms with Crippen molar-refractivity contribution in [3.63, 3.8) is 0 Å². The lowest BCUT2D eigenvalue weighted by atomic mass is 9.43. The standard InChI is InChI=1S/C21H32O5/c1-12(22)26-18-10-14-15-4-5-17(24)19(15,2)8-7-16(14)20(3)9-6-13(23)11-21(18,20)25/h13-16,18,23,25H,4-11H2,1-3H3/t13-,14+,15-,16-,18+,19+,20+,21-/m0/s1. The van der Waals surface area contributed by atoms with Crippen LogP contribution in [-0.4, -0.2) is 39.8 Å². The van der Waals surface area contributed by atoms with E-state index in [1.165, 1.54) is 6.92 Å². The Morgan fingerprint density at radius 3 is 2.58 bits per heavy atom. The van der Waals surface area contributed by atoms with Crippen molar-refractivity contribution in [2.24, 2.45) is 28.6 Å². The fraction of sp³-hybridized carbons (Fsp3) is 0.905. The van der Waals surface area contributed by atoms with E-state index in [4.69, 9.17) is 4.74 Å². The van der Waals surface area contributed by atoms with Crippen LogP contribution >= 0.6 is 0 Å². The van der Waals surface area contributed by atoms with Crippen molar-refractivity contribution >= 4 is 11.8 Å². The van der Waals surface area contributed by atoms with Gasteiger partial charge in [-0.1, -0.05) is 13.8 Å². The molecule has 0 bridgehead atoms. The van der Waals surface area contributed by atoms with Crippen LogP contribution in [0.2, 0.25) is 0 Å². The van der Waals surface area contributed by atoms with Gasteiger partial charge >= 0.3 is 5.97 Å². The largest absolute Gasteiger partial charge is 0.459 e. The Kier molecular flexibility index (Phi) is 4.09. The van der Waals surface area contributed by atoms with E-state index in [0.29, 0.717) is 42.8 Å². The minimum Gasteiger partial charge on any atom is -0.459 e. The number of ether oxygens (including phenoxy) is 1. The number of ketones is 1. The second-order valence-electron chi connectivity index (χ2n) is 9.87. The van der Waals surface area contributed by atoms with Crippen molar-refractivity contribution in [1.82, 2.24) is 0 Å². The van der Waals surface area contributed by atoms with Gasteiger partial charge in [-0.3, -0.25) is 9.59 Å². The van der Waals surface area contributed by atoms with E-state index in [0.717, 1.165) is 25.7 Å². The molecule has 4 rings (SSSR count). The summed E-state index contributed by atoms with van der Waals surface area (Å²) in [5.74, 6) is 0.932. The summed E-state index contributed by atoms with van der Waals surface area (Å²) in [6.45, 7) is 5.64. The third kappa shape index (κ3) is 2.29. The van der Waals surface area contributed by atoms with Gasteiger partial charge in [0.15, 0.2) is 0 Å². The lowest BCUT2D eigenvalue weighted by molar-refractivity contribution is -0.267. The molecule has 0 aromatic heterocycles. The summed E-state index contributed by atoms with van der Waals surface area (Å²) in [6, 6.07) is 0. The number of hydrogen-bond acceptors (Lipinski definition) is 5. The van der Waals surface area contributed by atoms with E-state index >= 15 is 0 Å². The number of carbonyl (C=O) groups excluding carboxylic acids is 2. The van der Waals surface area contributed by atoms with Crippen LogP contribution in [-0.2, 0) is 14.3 Å². The van der Waals surface area contributed by atoms with Crippen LogP contribution in [0, 0.1) is 28.6 Å². The Labute approximate surface area is 155 Å². The molecule has 0 unspecified atom stereocenters. The maximum Gasteiger partial charge on any atom is 0.303 e. The average molecular weight is 364 g/mol. The summed E-state index contributed by atoms with van der Waals surface area (Å²) >= 11 is 0. The zero-order valence-corrected chi connectivity index (χ0v) is 16.2. The summed E-state index contributed by atoms with van der Waals surface area (Å²) in [6.07, 6.45) is 4.54. The van der Waals surface area contributed by atoms with E-state index in [2.05, 4.69) is 13.8 Å². The molecule has 0 aromatic carbocycles. The highest BCUT2D eigenvalue weighted by atomic mass is 16.6. The Balaban J connectivity index is 1.75. The van der Waals surface area contributed by atoms with Crippen LogP contribution in [0.25, 0.3) is 0 Å². The molecule has 4 aliphatic carbocycles. The van der Waals surface area contributed by atoms with E-state index in [1.807, 2.05) is 0 Å². The molecule has 0 amide bonds. The number of rotatable bonds is 1. The highest BCUT2D eigenvalue weighted by Gasteiger charge is 2.68.